The Kier molecular flexibility index (Phi) is 4.62. The molecule has 1 rings (SSSR count). The van der Waals surface area contributed by atoms with Gasteiger partial charge in [0.25, 0.3) is 0 Å². The molecule has 0 bridgehead atoms. The second-order valence-corrected chi connectivity index (χ2v) is 5.54. The third-order valence-corrected chi connectivity index (χ3v) is 4.00. The van der Waals surface area contributed by atoms with Gasteiger partial charge < -0.3 is 4.74 Å². The van der Waals surface area contributed by atoms with Crippen LogP contribution < -0.4 is 0 Å². The zero-order valence-corrected chi connectivity index (χ0v) is 12.4. The van der Waals surface area contributed by atoms with Crippen molar-refractivity contribution in [3.63, 3.8) is 0 Å². The van der Waals surface area contributed by atoms with Crippen molar-refractivity contribution < 1.29 is 9.53 Å². The van der Waals surface area contributed by atoms with Crippen LogP contribution in [-0.4, -0.2) is 12.6 Å². The monoisotopic (exact) mass is 352 g/mol. The molecule has 0 fully saturated rings. The highest BCUT2D eigenvalue weighted by atomic mass is 127. The molecule has 4 heteroatoms. The van der Waals surface area contributed by atoms with Crippen LogP contribution in [-0.2, 0) is 14.9 Å². The van der Waals surface area contributed by atoms with E-state index in [9.17, 15) is 4.79 Å². The van der Waals surface area contributed by atoms with Gasteiger partial charge >= 0.3 is 5.97 Å². The van der Waals surface area contributed by atoms with Crippen molar-refractivity contribution in [2.75, 3.05) is 6.61 Å². The number of rotatable bonds is 3. The van der Waals surface area contributed by atoms with Crippen LogP contribution in [0.5, 0.6) is 0 Å². The summed E-state index contributed by atoms with van der Waals surface area (Å²) in [5.74, 6) is -0.229. The van der Waals surface area contributed by atoms with Crippen LogP contribution in [0.15, 0.2) is 18.2 Å². The fourth-order valence-electron chi connectivity index (χ4n) is 1.31. The Morgan fingerprint density at radius 1 is 1.50 bits per heavy atom. The van der Waals surface area contributed by atoms with E-state index in [1.807, 2.05) is 32.0 Å². The maximum absolute atomic E-state index is 11.8. The Morgan fingerprint density at radius 2 is 2.12 bits per heavy atom. The summed E-state index contributed by atoms with van der Waals surface area (Å²) in [6.07, 6.45) is 0. The summed E-state index contributed by atoms with van der Waals surface area (Å²) in [7, 11) is 0. The number of carbonyl (C=O) groups excluding carboxylic acids is 1. The van der Waals surface area contributed by atoms with Crippen LogP contribution in [0.25, 0.3) is 0 Å². The predicted molar refractivity (Wildman–Crippen MR) is 73.8 cm³/mol. The molecule has 0 radical (unpaired) electrons. The molecule has 0 unspecified atom stereocenters. The third kappa shape index (κ3) is 2.88. The fraction of sp³-hybridized carbons (Fsp3) is 0.417. The summed E-state index contributed by atoms with van der Waals surface area (Å²) in [6, 6.07) is 5.63. The van der Waals surface area contributed by atoms with Crippen molar-refractivity contribution in [3.8, 4) is 0 Å². The molecule has 0 saturated heterocycles. The first-order valence-electron chi connectivity index (χ1n) is 5.02. The Bertz CT molecular complexity index is 402. The van der Waals surface area contributed by atoms with Gasteiger partial charge in [0.1, 0.15) is 0 Å². The van der Waals surface area contributed by atoms with Crippen LogP contribution in [0.1, 0.15) is 26.3 Å². The highest BCUT2D eigenvalue weighted by molar-refractivity contribution is 14.1. The number of hydrogen-bond donors (Lipinski definition) is 0. The molecular weight excluding hydrogens is 338 g/mol. The van der Waals surface area contributed by atoms with Gasteiger partial charge in [0.05, 0.1) is 17.0 Å². The number of carbonyl (C=O) groups is 1. The van der Waals surface area contributed by atoms with Gasteiger partial charge in [-0.3, -0.25) is 4.79 Å². The summed E-state index contributed by atoms with van der Waals surface area (Å²) < 4.78 is 6.02. The summed E-state index contributed by atoms with van der Waals surface area (Å²) in [6.45, 7) is 5.86. The lowest BCUT2D eigenvalue weighted by Crippen LogP contribution is -2.31. The van der Waals surface area contributed by atoms with Crippen molar-refractivity contribution >= 4 is 40.2 Å². The van der Waals surface area contributed by atoms with Crippen LogP contribution in [0.3, 0.4) is 0 Å². The molecular formula is C12H14ClIO2. The SMILES string of the molecule is CCOC(=O)C(C)(C)c1ccc(I)c(Cl)c1. The predicted octanol–water partition coefficient (Wildman–Crippen LogP) is 3.79. The number of halogens is 2. The summed E-state index contributed by atoms with van der Waals surface area (Å²) in [5, 5.41) is 0.662. The molecule has 1 aromatic carbocycles. The lowest BCUT2D eigenvalue weighted by atomic mass is 9.85. The molecule has 88 valence electrons. The zero-order valence-electron chi connectivity index (χ0n) is 9.51. The molecule has 1 aromatic rings. The van der Waals surface area contributed by atoms with Crippen molar-refractivity contribution in [1.29, 1.82) is 0 Å². The van der Waals surface area contributed by atoms with E-state index in [2.05, 4.69) is 22.6 Å². The normalized spacial score (nSPS) is 11.3. The molecule has 0 amide bonds. The van der Waals surface area contributed by atoms with Gasteiger partial charge in [-0.15, -0.1) is 0 Å². The van der Waals surface area contributed by atoms with Gasteiger partial charge in [-0.1, -0.05) is 17.7 Å². The molecule has 0 atom stereocenters. The maximum Gasteiger partial charge on any atom is 0.315 e. The lowest BCUT2D eigenvalue weighted by Gasteiger charge is -2.23. The van der Waals surface area contributed by atoms with E-state index in [1.54, 1.807) is 6.92 Å². The molecule has 16 heavy (non-hydrogen) atoms. The first-order chi connectivity index (χ1) is 7.39. The molecule has 0 aliphatic rings. The van der Waals surface area contributed by atoms with Gasteiger partial charge in [0.15, 0.2) is 0 Å². The van der Waals surface area contributed by atoms with Crippen molar-refractivity contribution in [3.05, 3.63) is 32.4 Å². The zero-order chi connectivity index (χ0) is 12.3. The number of esters is 1. The fourth-order valence-corrected chi connectivity index (χ4v) is 1.83. The van der Waals surface area contributed by atoms with E-state index in [1.165, 1.54) is 0 Å². The number of benzene rings is 1. The van der Waals surface area contributed by atoms with Crippen molar-refractivity contribution in [2.45, 2.75) is 26.2 Å². The molecule has 2 nitrogen and oxygen atoms in total. The second kappa shape index (κ2) is 5.36. The minimum absolute atomic E-state index is 0.229. The van der Waals surface area contributed by atoms with Gasteiger partial charge in [-0.2, -0.15) is 0 Å². The molecule has 0 aliphatic heterocycles. The summed E-state index contributed by atoms with van der Waals surface area (Å²) >= 11 is 8.20. The van der Waals surface area contributed by atoms with Gasteiger partial charge in [-0.05, 0) is 61.1 Å². The average Bonchev–Trinajstić information content (AvgIpc) is 2.22. The molecule has 0 saturated carbocycles. The quantitative estimate of drug-likeness (QED) is 0.611. The Balaban J connectivity index is 3.06. The first-order valence-corrected chi connectivity index (χ1v) is 6.48. The standard InChI is InChI=1S/C12H14ClIO2/c1-4-16-11(15)12(2,3)8-5-6-10(14)9(13)7-8/h5-7H,4H2,1-3H3. The van der Waals surface area contributed by atoms with Crippen LogP contribution >= 0.6 is 34.2 Å². The smallest absolute Gasteiger partial charge is 0.315 e. The second-order valence-electron chi connectivity index (χ2n) is 3.97. The largest absolute Gasteiger partial charge is 0.465 e. The summed E-state index contributed by atoms with van der Waals surface area (Å²) in [5.41, 5.74) is 0.209. The Morgan fingerprint density at radius 3 is 2.62 bits per heavy atom. The Hall–Kier alpha value is -0.290. The van der Waals surface area contributed by atoms with Crippen LogP contribution in [0.4, 0.5) is 0 Å². The van der Waals surface area contributed by atoms with Crippen molar-refractivity contribution in [2.24, 2.45) is 0 Å². The van der Waals surface area contributed by atoms with Crippen molar-refractivity contribution in [1.82, 2.24) is 0 Å². The van der Waals surface area contributed by atoms with Crippen LogP contribution in [0, 0.1) is 3.57 Å². The third-order valence-electron chi connectivity index (χ3n) is 2.43. The topological polar surface area (TPSA) is 26.3 Å². The minimum Gasteiger partial charge on any atom is -0.465 e. The van der Waals surface area contributed by atoms with E-state index < -0.39 is 5.41 Å². The average molecular weight is 353 g/mol. The first kappa shape index (κ1) is 13.8. The van der Waals surface area contributed by atoms with E-state index in [4.69, 9.17) is 16.3 Å². The molecule has 0 aromatic heterocycles. The minimum atomic E-state index is -0.663. The maximum atomic E-state index is 11.8. The molecule has 0 N–H and O–H groups in total. The number of ether oxygens (including phenoxy) is 1. The van der Waals surface area contributed by atoms with Crippen LogP contribution in [0.2, 0.25) is 5.02 Å². The number of hydrogen-bond acceptors (Lipinski definition) is 2. The highest BCUT2D eigenvalue weighted by Gasteiger charge is 2.31. The Labute approximate surface area is 114 Å². The van der Waals surface area contributed by atoms with E-state index in [0.717, 1.165) is 9.13 Å². The van der Waals surface area contributed by atoms with E-state index in [-0.39, 0.29) is 5.97 Å². The summed E-state index contributed by atoms with van der Waals surface area (Å²) in [4.78, 5) is 11.8. The van der Waals surface area contributed by atoms with Gasteiger partial charge in [0, 0.05) is 3.57 Å². The van der Waals surface area contributed by atoms with Gasteiger partial charge in [-0.25, -0.2) is 0 Å². The molecule has 0 spiro atoms. The van der Waals surface area contributed by atoms with E-state index in [0.29, 0.717) is 11.6 Å². The highest BCUT2D eigenvalue weighted by Crippen LogP contribution is 2.29. The lowest BCUT2D eigenvalue weighted by molar-refractivity contribution is -0.148. The van der Waals surface area contributed by atoms with Gasteiger partial charge in [0.2, 0.25) is 0 Å². The van der Waals surface area contributed by atoms with E-state index >= 15 is 0 Å². The molecule has 0 aliphatic carbocycles. The molecule has 0 heterocycles.